The van der Waals surface area contributed by atoms with Gasteiger partial charge in [-0.25, -0.2) is 0 Å². The zero-order valence-corrected chi connectivity index (χ0v) is 37.2. The monoisotopic (exact) mass is 859 g/mol. The van der Waals surface area contributed by atoms with E-state index in [-0.39, 0.29) is 20.5 Å². The minimum atomic E-state index is -1.94. The third kappa shape index (κ3) is 8.23. The number of ether oxygens (including phenoxy) is 1. The number of rotatable bonds is 9. The van der Waals surface area contributed by atoms with Gasteiger partial charge in [0.25, 0.3) is 0 Å². The average Bonchev–Trinajstić information content (AvgIpc) is 3.67. The van der Waals surface area contributed by atoms with Crippen LogP contribution in [-0.2, 0) is 25.6 Å². The van der Waals surface area contributed by atoms with Crippen LogP contribution in [-0.4, -0.2) is 33.4 Å². The number of hydrogen-bond donors (Lipinski definition) is 0. The molecule has 10 atom stereocenters. The van der Waals surface area contributed by atoms with E-state index >= 15 is 0 Å². The summed E-state index contributed by atoms with van der Waals surface area (Å²) in [6.07, 6.45) is 34.9. The second-order valence-electron chi connectivity index (χ2n) is 15.9. The number of allylic oxidation sites excluding steroid dienone is 11. The van der Waals surface area contributed by atoms with E-state index in [1.807, 2.05) is 0 Å². The number of anilines is 1. The fourth-order valence-corrected chi connectivity index (χ4v) is 18.2. The van der Waals surface area contributed by atoms with Gasteiger partial charge in [-0.3, -0.25) is 0 Å². The molecule has 7 rings (SSSR count). The Kier molecular flexibility index (Phi) is 14.9. The molecule has 7 heteroatoms. The summed E-state index contributed by atoms with van der Waals surface area (Å²) in [5.41, 5.74) is 4.52. The first-order valence-corrected chi connectivity index (χ1v) is 27.8. The van der Waals surface area contributed by atoms with Gasteiger partial charge in [0.1, 0.15) is 0 Å². The van der Waals surface area contributed by atoms with E-state index in [1.165, 1.54) is 41.9 Å². The topological polar surface area (TPSA) is 12.5 Å². The fraction of sp³-hybridized carbons (Fsp3) is 0.524. The van der Waals surface area contributed by atoms with Gasteiger partial charge in [-0.05, 0) is 91.6 Å². The van der Waals surface area contributed by atoms with E-state index in [0.29, 0.717) is 47.5 Å². The van der Waals surface area contributed by atoms with Gasteiger partial charge in [-0.1, -0.05) is 121 Å². The van der Waals surface area contributed by atoms with E-state index in [9.17, 15) is 0 Å². The van der Waals surface area contributed by atoms with Gasteiger partial charge in [0.2, 0.25) is 0 Å². The molecule has 0 amide bonds. The van der Waals surface area contributed by atoms with Crippen molar-refractivity contribution >= 4 is 46.7 Å². The maximum atomic E-state index is 6.08. The molecule has 2 fully saturated rings. The van der Waals surface area contributed by atoms with Crippen LogP contribution in [0.1, 0.15) is 57.9 Å². The number of likely N-dealkylation sites (N-methyl/N-ethyl adjacent to an activating group) is 1. The summed E-state index contributed by atoms with van der Waals surface area (Å²) >= 11 is 3.07. The molecule has 6 aliphatic rings. The fourth-order valence-electron chi connectivity index (χ4n) is 10.8. The van der Waals surface area contributed by atoms with Crippen LogP contribution in [0.4, 0.5) is 5.69 Å². The Balaban J connectivity index is 0.00000104. The van der Waals surface area contributed by atoms with E-state index in [4.69, 9.17) is 21.8 Å². The predicted octanol–water partition coefficient (Wildman–Crippen LogP) is 12.9. The Hall–Kier alpha value is -0.420. The number of fused-ring (bicyclic) bond motifs is 8. The third-order valence-corrected chi connectivity index (χ3v) is 18.8. The molecule has 2 saturated carbocycles. The van der Waals surface area contributed by atoms with Crippen LogP contribution in [0.25, 0.3) is 0 Å². The molecule has 0 aromatic heterocycles. The first-order chi connectivity index (χ1) is 22.6. The van der Waals surface area contributed by atoms with Gasteiger partial charge < -0.3 is 24.5 Å². The Labute approximate surface area is 327 Å². The van der Waals surface area contributed by atoms with Crippen LogP contribution in [0.15, 0.2) is 95.6 Å². The van der Waals surface area contributed by atoms with Crippen molar-refractivity contribution in [3.05, 3.63) is 116 Å². The van der Waals surface area contributed by atoms with Crippen molar-refractivity contribution in [3.8, 4) is 0 Å². The number of benzene rings is 1. The summed E-state index contributed by atoms with van der Waals surface area (Å²) < 4.78 is 7.30. The van der Waals surface area contributed by atoms with Crippen LogP contribution in [0.5, 0.6) is 0 Å². The van der Waals surface area contributed by atoms with Crippen molar-refractivity contribution in [1.29, 1.82) is 0 Å². The van der Waals surface area contributed by atoms with Gasteiger partial charge in [-0.15, -0.1) is 0 Å². The molecule has 1 aromatic rings. The molecule has 1 aromatic carbocycles. The first kappa shape index (κ1) is 41.3. The Morgan fingerprint density at radius 1 is 0.755 bits per heavy atom. The van der Waals surface area contributed by atoms with Crippen LogP contribution in [0.3, 0.4) is 0 Å². The predicted molar refractivity (Wildman–Crippen MR) is 217 cm³/mol. The zero-order valence-electron chi connectivity index (χ0n) is 30.7. The van der Waals surface area contributed by atoms with Crippen molar-refractivity contribution in [2.24, 2.45) is 35.5 Å². The summed E-state index contributed by atoms with van der Waals surface area (Å²) in [7, 11) is 10.3. The molecule has 266 valence electrons. The number of unbranched alkanes of at least 4 members (excludes halogenated alkanes) is 3. The molecular formula is C42H58BrCl2NOSiZr. The van der Waals surface area contributed by atoms with Crippen LogP contribution >= 0.6 is 33.0 Å². The zero-order chi connectivity index (χ0) is 33.3. The second-order valence-corrected chi connectivity index (χ2v) is 25.4. The third-order valence-electron chi connectivity index (χ3n) is 12.3. The first-order valence-electron chi connectivity index (χ1n) is 17.8. The Morgan fingerprint density at radius 2 is 1.24 bits per heavy atom. The van der Waals surface area contributed by atoms with E-state index < -0.39 is 28.9 Å². The number of halogens is 3. The second kappa shape index (κ2) is 17.6. The van der Waals surface area contributed by atoms with Crippen molar-refractivity contribution in [1.82, 2.24) is 0 Å². The van der Waals surface area contributed by atoms with Crippen molar-refractivity contribution in [3.63, 3.8) is 0 Å². The molecule has 2 nitrogen and oxygen atoms in total. The van der Waals surface area contributed by atoms with E-state index in [0.717, 1.165) is 17.7 Å². The van der Waals surface area contributed by atoms with Gasteiger partial charge in [-0.2, -0.15) is 0 Å². The molecule has 49 heavy (non-hydrogen) atoms. The number of nitrogens with zero attached hydrogens (tertiary/aromatic N) is 1. The molecule has 0 spiro atoms. The Morgan fingerprint density at radius 3 is 1.80 bits per heavy atom. The maximum absolute atomic E-state index is 6.08. The summed E-state index contributed by atoms with van der Waals surface area (Å²) in [5.74, 6) is 4.40. The standard InChI is InChI=1S/C40H52BrNOSi.2CH3.2ClH.Zr/c1-40(2,3)43-24-14-6-7-15-25-44(5,38-31-19-11-8-16-28(31)29-17-9-12-20-32(29)38)39-33-21-13-10-18-30(33)37-36(39)34-26-27(41)22-23-35(34)42(37)4;;;;;/h8-13,16-23,26,28-33,36-39H,6-7,14-15,24-25H2,1-5H3;2*1H3;2*1H;/q;2*-1;;;+4/p-2. The van der Waals surface area contributed by atoms with E-state index in [2.05, 4.69) is 146 Å². The quantitative estimate of drug-likeness (QED) is 0.139. The molecule has 0 saturated heterocycles. The molecular weight excluding hydrogens is 805 g/mol. The summed E-state index contributed by atoms with van der Waals surface area (Å²) in [6, 6.07) is 9.11. The van der Waals surface area contributed by atoms with Gasteiger partial charge >= 0.3 is 37.9 Å². The minimum absolute atomic E-state index is 0. The SMILES string of the molecule is CN1c2ccc(Br)cc2C2C1C1C=CC=CC1C2[Si](C)(CCCCCCOC(C)(C)C)C1C2C=CC=CC2C2C=CC=CC21.[CH3-].[CH3-].[Cl][Zr+2][Cl]. The van der Waals surface area contributed by atoms with Crippen LogP contribution < -0.4 is 4.90 Å². The average molecular weight is 863 g/mol. The molecule has 10 unspecified atom stereocenters. The Bertz CT molecular complexity index is 1420. The van der Waals surface area contributed by atoms with Gasteiger partial charge in [0.05, 0.1) is 13.7 Å². The summed E-state index contributed by atoms with van der Waals surface area (Å²) in [4.78, 5) is 2.67. The van der Waals surface area contributed by atoms with Crippen molar-refractivity contribution in [2.45, 2.75) is 87.7 Å². The molecule has 0 radical (unpaired) electrons. The summed E-state index contributed by atoms with van der Waals surface area (Å²) in [5, 5.41) is 0. The normalized spacial score (nSPS) is 33.5. The van der Waals surface area contributed by atoms with Crippen molar-refractivity contribution in [2.75, 3.05) is 18.6 Å². The van der Waals surface area contributed by atoms with E-state index in [1.54, 1.807) is 5.56 Å². The van der Waals surface area contributed by atoms with Crippen LogP contribution in [0, 0.1) is 50.4 Å². The summed E-state index contributed by atoms with van der Waals surface area (Å²) in [6.45, 7) is 10.3. The molecule has 1 heterocycles. The molecule has 1 aliphatic heterocycles. The van der Waals surface area contributed by atoms with Gasteiger partial charge in [0, 0.05) is 41.7 Å². The van der Waals surface area contributed by atoms with Crippen LogP contribution in [0.2, 0.25) is 23.7 Å². The molecule has 0 N–H and O–H groups in total. The van der Waals surface area contributed by atoms with Crippen molar-refractivity contribution < 1.29 is 25.6 Å². The molecule has 0 bridgehead atoms. The van der Waals surface area contributed by atoms with Gasteiger partial charge in [0.15, 0.2) is 0 Å². The number of hydrogen-bond acceptors (Lipinski definition) is 2. The molecule has 5 aliphatic carbocycles.